The fraction of sp³-hybridized carbons (Fsp3) is 0.733. The van der Waals surface area contributed by atoms with Crippen molar-refractivity contribution < 1.29 is 5.11 Å². The van der Waals surface area contributed by atoms with Crippen LogP contribution in [-0.2, 0) is 5.41 Å². The maximum Gasteiger partial charge on any atom is 0.137 e. The average Bonchev–Trinajstić information content (AvgIpc) is 2.90. The molecule has 0 radical (unpaired) electrons. The average molecular weight is 340 g/mol. The molecule has 4 nitrogen and oxygen atoms in total. The lowest BCUT2D eigenvalue weighted by Crippen LogP contribution is -2.26. The summed E-state index contributed by atoms with van der Waals surface area (Å²) < 4.78 is 0.838. The molecule has 0 spiro atoms. The molecule has 0 bridgehead atoms. The van der Waals surface area contributed by atoms with Gasteiger partial charge < -0.3 is 10.0 Å². The highest BCUT2D eigenvalue weighted by molar-refractivity contribution is 9.10. The molecule has 20 heavy (non-hydrogen) atoms. The Balaban J connectivity index is 1.86. The quantitative estimate of drug-likeness (QED) is 0.799. The van der Waals surface area contributed by atoms with Gasteiger partial charge in [-0.25, -0.2) is 9.97 Å². The van der Waals surface area contributed by atoms with Gasteiger partial charge in [0, 0.05) is 30.5 Å². The fourth-order valence-electron chi connectivity index (χ4n) is 3.33. The molecule has 2 aliphatic rings. The van der Waals surface area contributed by atoms with Crippen molar-refractivity contribution in [3.63, 3.8) is 0 Å². The third-order valence-corrected chi connectivity index (χ3v) is 4.90. The number of anilines is 1. The van der Waals surface area contributed by atoms with Crippen LogP contribution in [0.5, 0.6) is 0 Å². The molecule has 1 aliphatic carbocycles. The number of fused-ring (bicyclic) bond motifs is 1. The van der Waals surface area contributed by atoms with E-state index in [4.69, 9.17) is 4.98 Å². The lowest BCUT2D eigenvalue weighted by Gasteiger charge is -2.23. The van der Waals surface area contributed by atoms with Crippen LogP contribution >= 0.6 is 15.9 Å². The number of hydrogen-bond donors (Lipinski definition) is 1. The van der Waals surface area contributed by atoms with Crippen molar-refractivity contribution in [2.24, 2.45) is 11.8 Å². The molecule has 1 N–H and O–H groups in total. The van der Waals surface area contributed by atoms with Gasteiger partial charge in [0.25, 0.3) is 0 Å². The number of rotatable bonds is 1. The molecule has 3 unspecified atom stereocenters. The lowest BCUT2D eigenvalue weighted by atomic mass is 9.96. The molecule has 1 aromatic rings. The first-order valence-corrected chi connectivity index (χ1v) is 8.12. The van der Waals surface area contributed by atoms with Crippen LogP contribution in [0, 0.1) is 11.8 Å². The summed E-state index contributed by atoms with van der Waals surface area (Å²) in [6.45, 7) is 8.30. The van der Waals surface area contributed by atoms with Crippen molar-refractivity contribution in [3.05, 3.63) is 16.5 Å². The van der Waals surface area contributed by atoms with E-state index in [1.54, 1.807) is 0 Å². The normalized spacial score (nSPS) is 29.9. The maximum atomic E-state index is 10.0. The molecule has 1 saturated carbocycles. The minimum Gasteiger partial charge on any atom is -0.393 e. The molecule has 2 fully saturated rings. The van der Waals surface area contributed by atoms with E-state index in [1.165, 1.54) is 0 Å². The summed E-state index contributed by atoms with van der Waals surface area (Å²) in [5, 5.41) is 10.0. The van der Waals surface area contributed by atoms with Crippen molar-refractivity contribution >= 4 is 21.7 Å². The first-order chi connectivity index (χ1) is 9.34. The van der Waals surface area contributed by atoms with Gasteiger partial charge >= 0.3 is 0 Å². The lowest BCUT2D eigenvalue weighted by molar-refractivity contribution is 0.133. The second kappa shape index (κ2) is 4.95. The van der Waals surface area contributed by atoms with Crippen molar-refractivity contribution in [1.29, 1.82) is 0 Å². The third-order valence-electron chi connectivity index (χ3n) is 4.50. The first-order valence-electron chi connectivity index (χ1n) is 7.32. The van der Waals surface area contributed by atoms with Gasteiger partial charge in [-0.1, -0.05) is 20.8 Å². The van der Waals surface area contributed by atoms with E-state index in [-0.39, 0.29) is 11.5 Å². The van der Waals surface area contributed by atoms with Gasteiger partial charge in [0.15, 0.2) is 0 Å². The maximum absolute atomic E-state index is 10.0. The Bertz CT molecular complexity index is 514. The van der Waals surface area contributed by atoms with Crippen molar-refractivity contribution in [1.82, 2.24) is 9.97 Å². The van der Waals surface area contributed by atoms with Crippen LogP contribution in [0.25, 0.3) is 0 Å². The Morgan fingerprint density at radius 2 is 2.00 bits per heavy atom. The highest BCUT2D eigenvalue weighted by Gasteiger charge is 2.42. The van der Waals surface area contributed by atoms with Gasteiger partial charge in [-0.3, -0.25) is 0 Å². The van der Waals surface area contributed by atoms with Crippen LogP contribution < -0.4 is 4.90 Å². The predicted octanol–water partition coefficient (Wildman–Crippen LogP) is 2.74. The Labute approximate surface area is 128 Å². The number of aliphatic hydroxyl groups is 1. The van der Waals surface area contributed by atoms with Crippen LogP contribution in [-0.4, -0.2) is 34.3 Å². The summed E-state index contributed by atoms with van der Waals surface area (Å²) in [5.41, 5.74) is -0.0619. The summed E-state index contributed by atoms with van der Waals surface area (Å²) in [7, 11) is 0. The van der Waals surface area contributed by atoms with Gasteiger partial charge in [0.05, 0.1) is 6.10 Å². The summed E-state index contributed by atoms with van der Waals surface area (Å²) in [4.78, 5) is 11.5. The van der Waals surface area contributed by atoms with Crippen LogP contribution in [0.1, 0.15) is 39.4 Å². The van der Waals surface area contributed by atoms with Gasteiger partial charge in [-0.05, 0) is 34.7 Å². The number of aliphatic hydroxyl groups excluding tert-OH is 1. The summed E-state index contributed by atoms with van der Waals surface area (Å²) in [5.74, 6) is 2.89. The van der Waals surface area contributed by atoms with E-state index < -0.39 is 0 Å². The van der Waals surface area contributed by atoms with Gasteiger partial charge in [-0.2, -0.15) is 0 Å². The molecule has 5 heteroatoms. The molecule has 3 atom stereocenters. The molecular formula is C15H22BrN3O. The second-order valence-corrected chi connectivity index (χ2v) is 7.91. The minimum absolute atomic E-state index is 0.0619. The molecular weight excluding hydrogens is 318 g/mol. The monoisotopic (exact) mass is 339 g/mol. The summed E-state index contributed by atoms with van der Waals surface area (Å²) in [6, 6.07) is 1.99. The van der Waals surface area contributed by atoms with Crippen LogP contribution in [0.2, 0.25) is 0 Å². The predicted molar refractivity (Wildman–Crippen MR) is 82.9 cm³/mol. The van der Waals surface area contributed by atoms with E-state index in [0.29, 0.717) is 11.8 Å². The Morgan fingerprint density at radius 3 is 2.65 bits per heavy atom. The molecule has 1 aromatic heterocycles. The highest BCUT2D eigenvalue weighted by Crippen LogP contribution is 2.39. The van der Waals surface area contributed by atoms with Crippen LogP contribution in [0.4, 0.5) is 5.82 Å². The smallest absolute Gasteiger partial charge is 0.137 e. The zero-order valence-electron chi connectivity index (χ0n) is 12.3. The molecule has 110 valence electrons. The van der Waals surface area contributed by atoms with Crippen molar-refractivity contribution in [2.45, 2.75) is 45.1 Å². The first kappa shape index (κ1) is 14.3. The van der Waals surface area contributed by atoms with Gasteiger partial charge in [0.1, 0.15) is 16.2 Å². The molecule has 2 heterocycles. The van der Waals surface area contributed by atoms with Crippen LogP contribution in [0.3, 0.4) is 0 Å². The molecule has 3 rings (SSSR count). The number of halogens is 1. The summed E-state index contributed by atoms with van der Waals surface area (Å²) >= 11 is 3.50. The Kier molecular flexibility index (Phi) is 3.53. The Hall–Kier alpha value is -0.680. The standard InChI is InChI=1S/C15H22BrN3O/c1-15(2,3)14-17-12(16)6-13(18-14)19-7-9-4-5-11(20)10(9)8-19/h6,9-11,20H,4-5,7-8H2,1-3H3. The van der Waals surface area contributed by atoms with Gasteiger partial charge in [0.2, 0.25) is 0 Å². The zero-order chi connectivity index (χ0) is 14.5. The van der Waals surface area contributed by atoms with E-state index in [9.17, 15) is 5.11 Å². The number of nitrogens with zero attached hydrogens (tertiary/aromatic N) is 3. The summed E-state index contributed by atoms with van der Waals surface area (Å²) in [6.07, 6.45) is 1.97. The third kappa shape index (κ3) is 2.58. The second-order valence-electron chi connectivity index (χ2n) is 7.10. The van der Waals surface area contributed by atoms with E-state index >= 15 is 0 Å². The largest absolute Gasteiger partial charge is 0.393 e. The van der Waals surface area contributed by atoms with E-state index in [1.807, 2.05) is 6.07 Å². The molecule has 0 amide bonds. The molecule has 1 aliphatic heterocycles. The number of aromatic nitrogens is 2. The SMILES string of the molecule is CC(C)(C)c1nc(Br)cc(N2CC3CCC(O)C3C2)n1. The topological polar surface area (TPSA) is 49.2 Å². The van der Waals surface area contributed by atoms with E-state index in [2.05, 4.69) is 46.6 Å². The fourth-order valence-corrected chi connectivity index (χ4v) is 3.70. The molecule has 0 aromatic carbocycles. The van der Waals surface area contributed by atoms with E-state index in [0.717, 1.165) is 42.2 Å². The van der Waals surface area contributed by atoms with Gasteiger partial charge in [-0.15, -0.1) is 0 Å². The van der Waals surface area contributed by atoms with Crippen molar-refractivity contribution in [2.75, 3.05) is 18.0 Å². The number of hydrogen-bond acceptors (Lipinski definition) is 4. The minimum atomic E-state index is -0.127. The highest BCUT2D eigenvalue weighted by atomic mass is 79.9. The Morgan fingerprint density at radius 1 is 1.25 bits per heavy atom. The van der Waals surface area contributed by atoms with Crippen molar-refractivity contribution in [3.8, 4) is 0 Å². The van der Waals surface area contributed by atoms with Crippen LogP contribution in [0.15, 0.2) is 10.7 Å². The molecule has 1 saturated heterocycles. The zero-order valence-corrected chi connectivity index (χ0v) is 13.9.